The number of hydrogen-bond donors (Lipinski definition) is 2. The summed E-state index contributed by atoms with van der Waals surface area (Å²) in [5.74, 6) is -1.08. The fourth-order valence-electron chi connectivity index (χ4n) is 4.97. The van der Waals surface area contributed by atoms with Gasteiger partial charge in [0, 0.05) is 23.4 Å². The first-order chi connectivity index (χ1) is 18.5. The van der Waals surface area contributed by atoms with Crippen molar-refractivity contribution in [3.63, 3.8) is 0 Å². The van der Waals surface area contributed by atoms with E-state index in [0.29, 0.717) is 22.9 Å². The topological polar surface area (TPSA) is 95.4 Å². The lowest BCUT2D eigenvalue weighted by molar-refractivity contribution is 0.0691. The molecular formula is C30H24N4O3S. The lowest BCUT2D eigenvalue weighted by atomic mass is 9.95. The fraction of sp³-hybridized carbons (Fsp3) is 0.133. The maximum absolute atomic E-state index is 13.3. The minimum absolute atomic E-state index is 0.00866. The molecule has 0 fully saturated rings. The maximum Gasteiger partial charge on any atom is 0.355 e. The summed E-state index contributed by atoms with van der Waals surface area (Å²) in [6.07, 6.45) is 1.71. The summed E-state index contributed by atoms with van der Waals surface area (Å²) < 4.78 is 1.01. The Morgan fingerprint density at radius 3 is 2.53 bits per heavy atom. The molecule has 38 heavy (non-hydrogen) atoms. The van der Waals surface area contributed by atoms with Crippen LogP contribution in [0.5, 0.6) is 0 Å². The normalized spacial score (nSPS) is 12.8. The third-order valence-electron chi connectivity index (χ3n) is 6.73. The molecule has 0 saturated heterocycles. The molecule has 1 aliphatic rings. The highest BCUT2D eigenvalue weighted by molar-refractivity contribution is 7.22. The highest BCUT2D eigenvalue weighted by Gasteiger charge is 2.25. The van der Waals surface area contributed by atoms with Gasteiger partial charge < -0.3 is 5.11 Å². The van der Waals surface area contributed by atoms with E-state index in [1.54, 1.807) is 4.90 Å². The van der Waals surface area contributed by atoms with Crippen molar-refractivity contribution in [3.8, 4) is 22.4 Å². The van der Waals surface area contributed by atoms with Gasteiger partial charge in [0.25, 0.3) is 0 Å². The van der Waals surface area contributed by atoms with Crippen LogP contribution in [-0.4, -0.2) is 33.6 Å². The summed E-state index contributed by atoms with van der Waals surface area (Å²) in [5, 5.41) is 13.5. The van der Waals surface area contributed by atoms with Crippen molar-refractivity contribution < 1.29 is 14.7 Å². The molecule has 0 aliphatic carbocycles. The Morgan fingerprint density at radius 1 is 0.947 bits per heavy atom. The average Bonchev–Trinajstić information content (AvgIpc) is 3.34. The van der Waals surface area contributed by atoms with Crippen LogP contribution in [-0.2, 0) is 6.42 Å². The molecule has 188 valence electrons. The molecule has 3 aromatic carbocycles. The highest BCUT2D eigenvalue weighted by Crippen LogP contribution is 2.35. The molecule has 0 radical (unpaired) electrons. The smallest absolute Gasteiger partial charge is 0.355 e. The molecule has 2 N–H and O–H groups in total. The number of carbonyl (C=O) groups is 2. The number of anilines is 2. The summed E-state index contributed by atoms with van der Waals surface area (Å²) in [5.41, 5.74) is 6.28. The number of nitrogens with zero attached hydrogens (tertiary/aromatic N) is 3. The predicted molar refractivity (Wildman–Crippen MR) is 151 cm³/mol. The van der Waals surface area contributed by atoms with Crippen molar-refractivity contribution in [1.82, 2.24) is 9.97 Å². The van der Waals surface area contributed by atoms with Crippen molar-refractivity contribution in [1.29, 1.82) is 0 Å². The summed E-state index contributed by atoms with van der Waals surface area (Å²) in [4.78, 5) is 36.4. The van der Waals surface area contributed by atoms with Gasteiger partial charge in [-0.05, 0) is 60.7 Å². The molecule has 1 aliphatic heterocycles. The Balaban J connectivity index is 1.36. The van der Waals surface area contributed by atoms with E-state index >= 15 is 0 Å². The number of aromatic carboxylic acids is 1. The summed E-state index contributed by atoms with van der Waals surface area (Å²) in [6, 6.07) is 24.8. The zero-order valence-corrected chi connectivity index (χ0v) is 21.5. The number of carbonyl (C=O) groups excluding carboxylic acids is 1. The minimum Gasteiger partial charge on any atom is -0.476 e. The SMILES string of the molecule is Cc1cc(-c2ccc3c(c2)N(C(=O)Nc2nc4ccccc4s2)CCC3)nc(C(=O)O)c1-c1ccccc1. The second kappa shape index (κ2) is 9.72. The molecular weight excluding hydrogens is 496 g/mol. The van der Waals surface area contributed by atoms with Gasteiger partial charge in [0.1, 0.15) is 0 Å². The van der Waals surface area contributed by atoms with Crippen LogP contribution in [0.15, 0.2) is 78.9 Å². The molecule has 0 bridgehead atoms. The standard InChI is InChI=1S/C30H24N4O3S/c1-18-16-23(31-27(28(35)36)26(18)20-8-3-2-4-9-20)21-14-13-19-10-7-15-34(24(19)17-21)30(37)33-29-32-22-11-5-6-12-25(22)38-29/h2-6,8-9,11-14,16-17H,7,10,15H2,1H3,(H,35,36)(H,32,33,37). The van der Waals surface area contributed by atoms with E-state index in [1.165, 1.54) is 11.3 Å². The van der Waals surface area contributed by atoms with E-state index < -0.39 is 5.97 Å². The second-order valence-corrected chi connectivity index (χ2v) is 10.3. The van der Waals surface area contributed by atoms with Gasteiger partial charge in [-0.25, -0.2) is 19.6 Å². The molecule has 0 atom stereocenters. The van der Waals surface area contributed by atoms with Crippen LogP contribution in [0.2, 0.25) is 0 Å². The number of para-hydroxylation sites is 1. The minimum atomic E-state index is -1.08. The van der Waals surface area contributed by atoms with Crippen LogP contribution in [0.25, 0.3) is 32.6 Å². The van der Waals surface area contributed by atoms with Crippen molar-refractivity contribution in [2.75, 3.05) is 16.8 Å². The maximum atomic E-state index is 13.3. The molecule has 0 unspecified atom stereocenters. The number of carboxylic acid groups (broad SMARTS) is 1. The molecule has 2 amide bonds. The van der Waals surface area contributed by atoms with Gasteiger partial charge in [-0.3, -0.25) is 10.2 Å². The van der Waals surface area contributed by atoms with Crippen LogP contribution in [0, 0.1) is 6.92 Å². The Bertz CT molecular complexity index is 1660. The summed E-state index contributed by atoms with van der Waals surface area (Å²) in [7, 11) is 0. The molecule has 6 rings (SSSR count). The number of aryl methyl sites for hydroxylation is 2. The Hall–Kier alpha value is -4.56. The van der Waals surface area contributed by atoms with Crippen molar-refractivity contribution >= 4 is 44.4 Å². The lowest BCUT2D eigenvalue weighted by Gasteiger charge is -2.29. The summed E-state index contributed by atoms with van der Waals surface area (Å²) in [6.45, 7) is 2.48. The third-order valence-corrected chi connectivity index (χ3v) is 7.69. The largest absolute Gasteiger partial charge is 0.476 e. The van der Waals surface area contributed by atoms with Gasteiger partial charge in [0.05, 0.1) is 15.9 Å². The van der Waals surface area contributed by atoms with Crippen LogP contribution in [0.1, 0.15) is 28.0 Å². The van der Waals surface area contributed by atoms with E-state index in [4.69, 9.17) is 0 Å². The molecule has 2 aromatic heterocycles. The van der Waals surface area contributed by atoms with Gasteiger partial charge in [0.2, 0.25) is 0 Å². The number of hydrogen-bond acceptors (Lipinski definition) is 5. The number of thiazole rings is 1. The average molecular weight is 521 g/mol. The number of carboxylic acids is 1. The van der Waals surface area contributed by atoms with Crippen LogP contribution in [0.4, 0.5) is 15.6 Å². The second-order valence-electron chi connectivity index (χ2n) is 9.23. The van der Waals surface area contributed by atoms with E-state index in [0.717, 1.165) is 51.0 Å². The fourth-order valence-corrected chi connectivity index (χ4v) is 5.83. The number of rotatable bonds is 4. The van der Waals surface area contributed by atoms with E-state index in [2.05, 4.69) is 15.3 Å². The third kappa shape index (κ3) is 4.39. The van der Waals surface area contributed by atoms with Crippen LogP contribution < -0.4 is 10.2 Å². The zero-order chi connectivity index (χ0) is 26.2. The number of pyridine rings is 1. The molecule has 8 heteroatoms. The summed E-state index contributed by atoms with van der Waals surface area (Å²) >= 11 is 1.44. The molecule has 0 saturated carbocycles. The predicted octanol–water partition coefficient (Wildman–Crippen LogP) is 7.02. The van der Waals surface area contributed by atoms with Gasteiger partial charge in [-0.1, -0.05) is 65.9 Å². The van der Waals surface area contributed by atoms with Crippen LogP contribution in [0.3, 0.4) is 0 Å². The Labute approximate surface area is 223 Å². The molecule has 7 nitrogen and oxygen atoms in total. The number of fused-ring (bicyclic) bond motifs is 2. The first-order valence-corrected chi connectivity index (χ1v) is 13.2. The number of benzene rings is 3. The molecule has 0 spiro atoms. The number of amides is 2. The van der Waals surface area contributed by atoms with Crippen LogP contribution >= 0.6 is 11.3 Å². The van der Waals surface area contributed by atoms with Gasteiger partial charge in [-0.2, -0.15) is 0 Å². The van der Waals surface area contributed by atoms with Gasteiger partial charge in [-0.15, -0.1) is 0 Å². The first kappa shape index (κ1) is 23.8. The Morgan fingerprint density at radius 2 is 1.74 bits per heavy atom. The van der Waals surface area contributed by atoms with Gasteiger partial charge >= 0.3 is 12.0 Å². The first-order valence-electron chi connectivity index (χ1n) is 12.4. The molecule has 5 aromatic rings. The van der Waals surface area contributed by atoms with E-state index in [1.807, 2.05) is 85.8 Å². The number of aromatic nitrogens is 2. The molecule has 3 heterocycles. The zero-order valence-electron chi connectivity index (χ0n) is 20.6. The highest BCUT2D eigenvalue weighted by atomic mass is 32.1. The number of urea groups is 1. The Kier molecular flexibility index (Phi) is 6.09. The van der Waals surface area contributed by atoms with E-state index in [9.17, 15) is 14.7 Å². The lowest BCUT2D eigenvalue weighted by Crippen LogP contribution is -2.38. The van der Waals surface area contributed by atoms with Crippen molar-refractivity contribution in [2.24, 2.45) is 0 Å². The van der Waals surface area contributed by atoms with Crippen molar-refractivity contribution in [2.45, 2.75) is 19.8 Å². The quantitative estimate of drug-likeness (QED) is 0.266. The van der Waals surface area contributed by atoms with Gasteiger partial charge in [0.15, 0.2) is 10.8 Å². The van der Waals surface area contributed by atoms with E-state index in [-0.39, 0.29) is 11.7 Å². The van der Waals surface area contributed by atoms with Crippen molar-refractivity contribution in [3.05, 3.63) is 95.7 Å². The monoisotopic (exact) mass is 520 g/mol. The number of nitrogens with one attached hydrogen (secondary N) is 1.